The van der Waals surface area contributed by atoms with Gasteiger partial charge in [0.15, 0.2) is 0 Å². The van der Waals surface area contributed by atoms with Crippen LogP contribution in [0.15, 0.2) is 29.8 Å². The number of nitro groups is 1. The molecule has 0 atom stereocenters. The van der Waals surface area contributed by atoms with Crippen LogP contribution in [0.1, 0.15) is 15.2 Å². The number of carbonyl (C=O) groups excluding carboxylic acids is 1. The number of rotatable bonds is 5. The van der Waals surface area contributed by atoms with Crippen molar-refractivity contribution < 1.29 is 9.72 Å². The number of aromatic nitrogens is 1. The fraction of sp³-hybridized carbons (Fsp3) is 0.167. The van der Waals surface area contributed by atoms with Crippen LogP contribution in [0.2, 0.25) is 5.15 Å². The first-order valence-electron chi connectivity index (χ1n) is 5.68. The van der Waals surface area contributed by atoms with Crippen molar-refractivity contribution in [2.45, 2.75) is 6.42 Å². The van der Waals surface area contributed by atoms with Gasteiger partial charge in [0, 0.05) is 17.5 Å². The highest BCUT2D eigenvalue weighted by Gasteiger charge is 2.16. The van der Waals surface area contributed by atoms with Gasteiger partial charge in [-0.15, -0.1) is 11.3 Å². The molecule has 0 bridgehead atoms. The van der Waals surface area contributed by atoms with Crippen molar-refractivity contribution in [3.63, 3.8) is 0 Å². The van der Waals surface area contributed by atoms with E-state index in [-0.39, 0.29) is 16.4 Å². The molecule has 0 saturated carbocycles. The topological polar surface area (TPSA) is 85.1 Å². The number of carbonyl (C=O) groups is 1. The van der Waals surface area contributed by atoms with Crippen LogP contribution in [-0.2, 0) is 6.42 Å². The number of pyridine rings is 1. The maximum Gasteiger partial charge on any atom is 0.288 e. The summed E-state index contributed by atoms with van der Waals surface area (Å²) >= 11 is 7.38. The minimum Gasteiger partial charge on any atom is -0.352 e. The smallest absolute Gasteiger partial charge is 0.288 e. The van der Waals surface area contributed by atoms with Crippen LogP contribution < -0.4 is 5.32 Å². The van der Waals surface area contributed by atoms with Crippen LogP contribution in [0.25, 0.3) is 0 Å². The summed E-state index contributed by atoms with van der Waals surface area (Å²) in [5.74, 6) is -0.470. The second-order valence-corrected chi connectivity index (χ2v) is 5.26. The molecule has 1 amide bonds. The van der Waals surface area contributed by atoms with Gasteiger partial charge in [0.05, 0.1) is 10.5 Å². The highest BCUT2D eigenvalue weighted by atomic mass is 35.5. The molecule has 2 aromatic heterocycles. The number of nitrogens with zero attached hydrogens (tertiary/aromatic N) is 2. The third-order valence-electron chi connectivity index (χ3n) is 2.52. The number of nitrogens with one attached hydrogen (secondary N) is 1. The van der Waals surface area contributed by atoms with E-state index in [1.165, 1.54) is 0 Å². The largest absolute Gasteiger partial charge is 0.352 e. The van der Waals surface area contributed by atoms with Crippen LogP contribution in [0.3, 0.4) is 0 Å². The van der Waals surface area contributed by atoms with E-state index in [0.717, 1.165) is 17.1 Å². The zero-order chi connectivity index (χ0) is 14.5. The van der Waals surface area contributed by atoms with Gasteiger partial charge in [0.25, 0.3) is 11.6 Å². The Morgan fingerprint density at radius 2 is 2.35 bits per heavy atom. The molecular formula is C12H10ClN3O3S. The quantitative estimate of drug-likeness (QED) is 0.522. The van der Waals surface area contributed by atoms with E-state index in [4.69, 9.17) is 11.6 Å². The Morgan fingerprint density at radius 3 is 3.00 bits per heavy atom. The SMILES string of the molecule is O=C(NCCc1cccs1)c1cc([N+](=O)[O-])cnc1Cl. The maximum absolute atomic E-state index is 11.9. The summed E-state index contributed by atoms with van der Waals surface area (Å²) in [7, 11) is 0. The Balaban J connectivity index is 2.01. The van der Waals surface area contributed by atoms with Gasteiger partial charge in [-0.1, -0.05) is 17.7 Å². The third-order valence-corrected chi connectivity index (χ3v) is 3.75. The summed E-state index contributed by atoms with van der Waals surface area (Å²) in [6.07, 6.45) is 1.72. The standard InChI is InChI=1S/C12H10ClN3O3S/c13-11-10(6-8(7-15-11)16(18)19)12(17)14-4-3-9-2-1-5-20-9/h1-2,5-7H,3-4H2,(H,14,17). The van der Waals surface area contributed by atoms with Crippen molar-refractivity contribution in [1.82, 2.24) is 10.3 Å². The highest BCUT2D eigenvalue weighted by molar-refractivity contribution is 7.09. The first-order chi connectivity index (χ1) is 9.58. The van der Waals surface area contributed by atoms with Crippen molar-refractivity contribution in [2.24, 2.45) is 0 Å². The molecule has 0 aliphatic rings. The molecule has 104 valence electrons. The minimum absolute atomic E-state index is 0.00652. The van der Waals surface area contributed by atoms with E-state index < -0.39 is 10.8 Å². The maximum atomic E-state index is 11.9. The van der Waals surface area contributed by atoms with Crippen molar-refractivity contribution in [3.05, 3.63) is 55.5 Å². The van der Waals surface area contributed by atoms with Crippen molar-refractivity contribution >= 4 is 34.5 Å². The van der Waals surface area contributed by atoms with E-state index in [1.807, 2.05) is 17.5 Å². The lowest BCUT2D eigenvalue weighted by Crippen LogP contribution is -2.26. The fourth-order valence-electron chi connectivity index (χ4n) is 1.55. The fourth-order valence-corrected chi connectivity index (χ4v) is 2.44. The lowest BCUT2D eigenvalue weighted by molar-refractivity contribution is -0.385. The second kappa shape index (κ2) is 6.44. The molecule has 2 heterocycles. The lowest BCUT2D eigenvalue weighted by Gasteiger charge is -2.05. The van der Waals surface area contributed by atoms with E-state index in [9.17, 15) is 14.9 Å². The van der Waals surface area contributed by atoms with Gasteiger partial charge in [0.1, 0.15) is 11.3 Å². The summed E-state index contributed by atoms with van der Waals surface area (Å²) in [5, 5.41) is 15.2. The van der Waals surface area contributed by atoms with E-state index in [2.05, 4.69) is 10.3 Å². The number of hydrogen-bond donors (Lipinski definition) is 1. The van der Waals surface area contributed by atoms with Crippen LogP contribution in [0, 0.1) is 10.1 Å². The molecule has 0 saturated heterocycles. The summed E-state index contributed by atoms with van der Waals surface area (Å²) in [4.78, 5) is 26.7. The van der Waals surface area contributed by atoms with Crippen LogP contribution in [0.4, 0.5) is 5.69 Å². The van der Waals surface area contributed by atoms with Crippen molar-refractivity contribution in [2.75, 3.05) is 6.54 Å². The Labute approximate surface area is 123 Å². The van der Waals surface area contributed by atoms with Crippen LogP contribution in [0.5, 0.6) is 0 Å². The van der Waals surface area contributed by atoms with Gasteiger partial charge >= 0.3 is 0 Å². The van der Waals surface area contributed by atoms with E-state index in [1.54, 1.807) is 11.3 Å². The predicted octanol–water partition coefficient (Wildman–Crippen LogP) is 2.68. The molecule has 0 spiro atoms. The first kappa shape index (κ1) is 14.4. The summed E-state index contributed by atoms with van der Waals surface area (Å²) < 4.78 is 0. The molecule has 2 aromatic rings. The number of hydrogen-bond acceptors (Lipinski definition) is 5. The predicted molar refractivity (Wildman–Crippen MR) is 76.3 cm³/mol. The molecule has 1 N–H and O–H groups in total. The minimum atomic E-state index is -0.619. The monoisotopic (exact) mass is 311 g/mol. The second-order valence-electron chi connectivity index (χ2n) is 3.87. The Kier molecular flexibility index (Phi) is 4.65. The van der Waals surface area contributed by atoms with Crippen molar-refractivity contribution in [3.8, 4) is 0 Å². The normalized spacial score (nSPS) is 10.2. The molecule has 20 heavy (non-hydrogen) atoms. The van der Waals surface area contributed by atoms with Gasteiger partial charge in [-0.2, -0.15) is 0 Å². The first-order valence-corrected chi connectivity index (χ1v) is 6.94. The summed E-state index contributed by atoms with van der Waals surface area (Å²) in [5.41, 5.74) is -0.259. The van der Waals surface area contributed by atoms with Crippen molar-refractivity contribution in [1.29, 1.82) is 0 Å². The Bertz CT molecular complexity index is 631. The molecule has 8 heteroatoms. The van der Waals surface area contributed by atoms with Crippen LogP contribution in [-0.4, -0.2) is 22.4 Å². The van der Waals surface area contributed by atoms with Gasteiger partial charge in [0.2, 0.25) is 0 Å². The van der Waals surface area contributed by atoms with E-state index >= 15 is 0 Å². The third kappa shape index (κ3) is 3.52. The average molecular weight is 312 g/mol. The molecule has 6 nitrogen and oxygen atoms in total. The summed E-state index contributed by atoms with van der Waals surface area (Å²) in [6.45, 7) is 0.429. The molecule has 2 rings (SSSR count). The van der Waals surface area contributed by atoms with Gasteiger partial charge in [-0.3, -0.25) is 14.9 Å². The number of halogens is 1. The molecule has 0 unspecified atom stereocenters. The molecule has 0 aliphatic carbocycles. The summed E-state index contributed by atoms with van der Waals surface area (Å²) in [6, 6.07) is 5.03. The molecular weight excluding hydrogens is 302 g/mol. The molecule has 0 fully saturated rings. The Hall–Kier alpha value is -1.99. The van der Waals surface area contributed by atoms with E-state index in [0.29, 0.717) is 13.0 Å². The Morgan fingerprint density at radius 1 is 1.55 bits per heavy atom. The zero-order valence-corrected chi connectivity index (χ0v) is 11.8. The average Bonchev–Trinajstić information content (AvgIpc) is 2.92. The van der Waals surface area contributed by atoms with Gasteiger partial charge in [-0.05, 0) is 17.9 Å². The lowest BCUT2D eigenvalue weighted by atomic mass is 10.2. The highest BCUT2D eigenvalue weighted by Crippen LogP contribution is 2.19. The van der Waals surface area contributed by atoms with Gasteiger partial charge < -0.3 is 5.32 Å². The zero-order valence-electron chi connectivity index (χ0n) is 10.2. The van der Waals surface area contributed by atoms with Crippen LogP contribution >= 0.6 is 22.9 Å². The molecule has 0 aliphatic heterocycles. The number of amides is 1. The molecule has 0 radical (unpaired) electrons. The molecule has 0 aromatic carbocycles. The number of thiophene rings is 1. The van der Waals surface area contributed by atoms with Gasteiger partial charge in [-0.25, -0.2) is 4.98 Å².